The van der Waals surface area contributed by atoms with Crippen LogP contribution in [0.2, 0.25) is 0 Å². The molecule has 2 aromatic rings. The maximum Gasteiger partial charge on any atom is 0.239 e. The number of aromatic nitrogens is 3. The molecule has 4 rings (SSSR count). The van der Waals surface area contributed by atoms with Crippen LogP contribution in [0.5, 0.6) is 0 Å². The van der Waals surface area contributed by atoms with Crippen molar-refractivity contribution >= 4 is 5.91 Å². The van der Waals surface area contributed by atoms with Crippen LogP contribution in [0.15, 0.2) is 30.7 Å². The molecule has 7 nitrogen and oxygen atoms in total. The van der Waals surface area contributed by atoms with Gasteiger partial charge in [-0.05, 0) is 44.7 Å². The number of hydrazine groups is 1. The van der Waals surface area contributed by atoms with E-state index in [4.69, 9.17) is 4.98 Å². The second-order valence-electron chi connectivity index (χ2n) is 6.77. The van der Waals surface area contributed by atoms with Crippen LogP contribution in [0.4, 0.5) is 0 Å². The highest BCUT2D eigenvalue weighted by atomic mass is 16.2. The van der Waals surface area contributed by atoms with E-state index in [1.165, 1.54) is 0 Å². The molecular weight excluding hydrogens is 316 g/mol. The number of aryl methyl sites for hydroxylation is 1. The molecule has 1 aliphatic heterocycles. The summed E-state index contributed by atoms with van der Waals surface area (Å²) in [6.45, 7) is 2.06. The van der Waals surface area contributed by atoms with E-state index >= 15 is 0 Å². The van der Waals surface area contributed by atoms with E-state index < -0.39 is 0 Å². The predicted octanol–water partition coefficient (Wildman–Crippen LogP) is 1.29. The van der Waals surface area contributed by atoms with Gasteiger partial charge in [0, 0.05) is 41.5 Å². The smallest absolute Gasteiger partial charge is 0.239 e. The van der Waals surface area contributed by atoms with Gasteiger partial charge in [-0.15, -0.1) is 0 Å². The van der Waals surface area contributed by atoms with Crippen LogP contribution >= 0.6 is 0 Å². The van der Waals surface area contributed by atoms with E-state index in [1.54, 1.807) is 12.4 Å². The Hall–Kier alpha value is -2.38. The normalized spacial score (nSPS) is 25.4. The summed E-state index contributed by atoms with van der Waals surface area (Å²) in [4.78, 5) is 25.8. The summed E-state index contributed by atoms with van der Waals surface area (Å²) >= 11 is 0. The first-order valence-electron chi connectivity index (χ1n) is 8.78. The number of nitrogens with zero attached hydrogens (tertiary/aromatic N) is 3. The Morgan fingerprint density at radius 3 is 3.00 bits per heavy atom. The van der Waals surface area contributed by atoms with E-state index in [0.717, 1.165) is 42.5 Å². The first kappa shape index (κ1) is 16.1. The molecule has 1 fully saturated rings. The summed E-state index contributed by atoms with van der Waals surface area (Å²) in [6.07, 6.45) is 9.00. The molecule has 0 spiro atoms. The van der Waals surface area contributed by atoms with Crippen molar-refractivity contribution in [3.05, 3.63) is 42.0 Å². The molecule has 7 heteroatoms. The van der Waals surface area contributed by atoms with E-state index in [9.17, 15) is 4.79 Å². The molecule has 0 aromatic carbocycles. The van der Waals surface area contributed by atoms with Gasteiger partial charge in [0.25, 0.3) is 0 Å². The molecule has 25 heavy (non-hydrogen) atoms. The number of amides is 1. The maximum absolute atomic E-state index is 12.5. The fourth-order valence-corrected chi connectivity index (χ4v) is 3.49. The van der Waals surface area contributed by atoms with E-state index in [1.807, 2.05) is 18.3 Å². The first-order chi connectivity index (χ1) is 12.2. The van der Waals surface area contributed by atoms with Gasteiger partial charge in [-0.2, -0.15) is 0 Å². The lowest BCUT2D eigenvalue weighted by Gasteiger charge is -2.26. The fraction of sp³-hybridized carbons (Fsp3) is 0.444. The lowest BCUT2D eigenvalue weighted by molar-refractivity contribution is -0.123. The zero-order chi connectivity index (χ0) is 17.2. The molecule has 3 atom stereocenters. The summed E-state index contributed by atoms with van der Waals surface area (Å²) < 4.78 is 0. The molecule has 3 N–H and O–H groups in total. The van der Waals surface area contributed by atoms with Crippen molar-refractivity contribution in [3.8, 4) is 11.4 Å². The average Bonchev–Trinajstić information content (AvgIpc) is 3.09. The van der Waals surface area contributed by atoms with Gasteiger partial charge in [-0.3, -0.25) is 15.2 Å². The Morgan fingerprint density at radius 1 is 1.32 bits per heavy atom. The number of pyridine rings is 1. The summed E-state index contributed by atoms with van der Waals surface area (Å²) in [7, 11) is 0. The molecule has 1 saturated heterocycles. The Labute approximate surface area is 146 Å². The number of nitrogens with one attached hydrogen (secondary N) is 3. The van der Waals surface area contributed by atoms with Crippen LogP contribution in [-0.2, 0) is 11.2 Å². The number of rotatable bonds is 3. The topological polar surface area (TPSA) is 91.8 Å². The van der Waals surface area contributed by atoms with Crippen LogP contribution in [0.1, 0.15) is 43.5 Å². The SMILES string of the molecule is CC1CC(C(=O)NC2CCCc3nc(-c4cccnc4)ncc32)NN1. The number of carbonyl (C=O) groups is 1. The van der Waals surface area contributed by atoms with Crippen molar-refractivity contribution in [3.63, 3.8) is 0 Å². The molecule has 2 aromatic heterocycles. The molecule has 3 unspecified atom stereocenters. The van der Waals surface area contributed by atoms with Crippen LogP contribution in [0.25, 0.3) is 11.4 Å². The third-order valence-electron chi connectivity index (χ3n) is 4.83. The number of carbonyl (C=O) groups excluding carboxylic acids is 1. The Morgan fingerprint density at radius 2 is 2.24 bits per heavy atom. The van der Waals surface area contributed by atoms with E-state index in [2.05, 4.69) is 33.1 Å². The Balaban J connectivity index is 1.53. The monoisotopic (exact) mass is 338 g/mol. The second kappa shape index (κ2) is 6.85. The minimum absolute atomic E-state index is 0.0168. The van der Waals surface area contributed by atoms with Gasteiger partial charge in [-0.25, -0.2) is 15.4 Å². The minimum Gasteiger partial charge on any atom is -0.348 e. The van der Waals surface area contributed by atoms with Gasteiger partial charge in [0.05, 0.1) is 6.04 Å². The van der Waals surface area contributed by atoms with Crippen molar-refractivity contribution in [1.29, 1.82) is 0 Å². The Bertz CT molecular complexity index is 765. The summed E-state index contributed by atoms with van der Waals surface area (Å²) in [5.74, 6) is 0.723. The molecule has 2 aliphatic rings. The van der Waals surface area contributed by atoms with Crippen LogP contribution in [0, 0.1) is 0 Å². The maximum atomic E-state index is 12.5. The van der Waals surface area contributed by atoms with Crippen molar-refractivity contribution < 1.29 is 4.79 Å². The van der Waals surface area contributed by atoms with E-state index in [-0.39, 0.29) is 18.0 Å². The summed E-state index contributed by atoms with van der Waals surface area (Å²) in [5.41, 5.74) is 9.11. The Kier molecular flexibility index (Phi) is 4.42. The third kappa shape index (κ3) is 3.38. The van der Waals surface area contributed by atoms with Crippen molar-refractivity contribution in [2.24, 2.45) is 0 Å². The molecule has 0 bridgehead atoms. The van der Waals surface area contributed by atoms with Crippen molar-refractivity contribution in [1.82, 2.24) is 31.1 Å². The largest absolute Gasteiger partial charge is 0.348 e. The molecular formula is C18H22N6O. The molecule has 1 amide bonds. The van der Waals surface area contributed by atoms with E-state index in [0.29, 0.717) is 11.9 Å². The van der Waals surface area contributed by atoms with Gasteiger partial charge in [-0.1, -0.05) is 0 Å². The van der Waals surface area contributed by atoms with Gasteiger partial charge in [0.15, 0.2) is 5.82 Å². The molecule has 3 heterocycles. The third-order valence-corrected chi connectivity index (χ3v) is 4.83. The average molecular weight is 338 g/mol. The molecule has 130 valence electrons. The highest BCUT2D eigenvalue weighted by Crippen LogP contribution is 2.29. The molecule has 0 radical (unpaired) electrons. The zero-order valence-corrected chi connectivity index (χ0v) is 14.2. The highest BCUT2D eigenvalue weighted by molar-refractivity contribution is 5.82. The van der Waals surface area contributed by atoms with Gasteiger partial charge < -0.3 is 5.32 Å². The number of hydrogen-bond acceptors (Lipinski definition) is 6. The van der Waals surface area contributed by atoms with Crippen LogP contribution in [0.3, 0.4) is 0 Å². The second-order valence-corrected chi connectivity index (χ2v) is 6.77. The summed E-state index contributed by atoms with van der Waals surface area (Å²) in [5, 5.41) is 3.16. The zero-order valence-electron chi connectivity index (χ0n) is 14.2. The number of hydrogen-bond donors (Lipinski definition) is 3. The highest BCUT2D eigenvalue weighted by Gasteiger charge is 2.30. The van der Waals surface area contributed by atoms with Gasteiger partial charge >= 0.3 is 0 Å². The molecule has 0 saturated carbocycles. The quantitative estimate of drug-likeness (QED) is 0.781. The lowest BCUT2D eigenvalue weighted by Crippen LogP contribution is -2.45. The minimum atomic E-state index is -0.184. The van der Waals surface area contributed by atoms with Crippen molar-refractivity contribution in [2.45, 2.75) is 50.7 Å². The standard InChI is InChI=1S/C18H22N6O/c1-11-8-16(24-23-11)18(25)22-15-6-2-5-14-13(15)10-20-17(21-14)12-4-3-7-19-9-12/h3-4,7,9-11,15-16,23-24H,2,5-6,8H2,1H3,(H,22,25). The lowest BCUT2D eigenvalue weighted by atomic mass is 9.92. The fourth-order valence-electron chi connectivity index (χ4n) is 3.49. The van der Waals surface area contributed by atoms with Crippen LogP contribution in [-0.4, -0.2) is 32.9 Å². The van der Waals surface area contributed by atoms with Crippen LogP contribution < -0.4 is 16.2 Å². The molecule has 1 aliphatic carbocycles. The van der Waals surface area contributed by atoms with Gasteiger partial charge in [0.1, 0.15) is 6.04 Å². The summed E-state index contributed by atoms with van der Waals surface area (Å²) in [6, 6.07) is 3.94. The predicted molar refractivity (Wildman–Crippen MR) is 93.2 cm³/mol. The first-order valence-corrected chi connectivity index (χ1v) is 8.78. The van der Waals surface area contributed by atoms with Gasteiger partial charge in [0.2, 0.25) is 5.91 Å². The van der Waals surface area contributed by atoms with Crippen molar-refractivity contribution in [2.75, 3.05) is 0 Å². The number of fused-ring (bicyclic) bond motifs is 1.